The maximum absolute atomic E-state index is 12.2. The molecule has 0 spiro atoms. The van der Waals surface area contributed by atoms with Crippen LogP contribution in [0.15, 0.2) is 35.3 Å². The van der Waals surface area contributed by atoms with Gasteiger partial charge in [-0.05, 0) is 71.9 Å². The van der Waals surface area contributed by atoms with E-state index in [0.717, 1.165) is 31.5 Å². The van der Waals surface area contributed by atoms with E-state index >= 15 is 0 Å². The summed E-state index contributed by atoms with van der Waals surface area (Å²) in [6, 6.07) is 9.64. The van der Waals surface area contributed by atoms with Gasteiger partial charge in [0.05, 0.1) is 0 Å². The van der Waals surface area contributed by atoms with Crippen LogP contribution >= 0.6 is 0 Å². The zero-order valence-electron chi connectivity index (χ0n) is 27.6. The van der Waals surface area contributed by atoms with E-state index in [9.17, 15) is 24.0 Å². The number of hydrogen-bond acceptors (Lipinski definition) is 7. The zero-order chi connectivity index (χ0) is 34.5. The van der Waals surface area contributed by atoms with Gasteiger partial charge in [-0.2, -0.15) is 0 Å². The van der Waals surface area contributed by atoms with Crippen molar-refractivity contribution in [3.05, 3.63) is 30.3 Å². The molecule has 5 amide bonds. The number of ether oxygens (including phenoxy) is 1. The number of carboxylic acid groups (broad SMARTS) is 2. The Labute approximate surface area is 271 Å². The summed E-state index contributed by atoms with van der Waals surface area (Å²) in [6.45, 7) is 9.39. The van der Waals surface area contributed by atoms with Crippen molar-refractivity contribution in [1.29, 1.82) is 0 Å². The lowest BCUT2D eigenvalue weighted by Gasteiger charge is -2.26. The summed E-state index contributed by atoms with van der Waals surface area (Å²) in [6.07, 6.45) is 1.67. The van der Waals surface area contributed by atoms with E-state index in [2.05, 4.69) is 31.2 Å². The first kappa shape index (κ1) is 39.5. The zero-order valence-corrected chi connectivity index (χ0v) is 27.6. The lowest BCUT2D eigenvalue weighted by atomic mass is 10.2. The number of aliphatic imine (C=N–C) groups is 1. The number of hydrogen-bond donors (Lipinski definition) is 6. The van der Waals surface area contributed by atoms with Gasteiger partial charge in [0.1, 0.15) is 5.60 Å². The van der Waals surface area contributed by atoms with Crippen molar-refractivity contribution in [2.75, 3.05) is 44.7 Å². The van der Waals surface area contributed by atoms with Gasteiger partial charge in [0, 0.05) is 51.5 Å². The van der Waals surface area contributed by atoms with Crippen LogP contribution in [0.4, 0.5) is 20.1 Å². The van der Waals surface area contributed by atoms with Crippen molar-refractivity contribution in [1.82, 2.24) is 26.2 Å². The van der Waals surface area contributed by atoms with Crippen molar-refractivity contribution in [2.45, 2.75) is 84.3 Å². The molecule has 1 aromatic rings. The van der Waals surface area contributed by atoms with Crippen LogP contribution in [0.1, 0.15) is 72.6 Å². The van der Waals surface area contributed by atoms with E-state index in [-0.39, 0.29) is 12.0 Å². The van der Waals surface area contributed by atoms with Crippen LogP contribution < -0.4 is 26.2 Å². The minimum atomic E-state index is -1.35. The normalized spacial score (nSPS) is 12.0. The third-order valence-electron chi connectivity index (χ3n) is 6.55. The van der Waals surface area contributed by atoms with E-state index in [1.165, 1.54) is 4.90 Å². The highest BCUT2D eigenvalue weighted by Gasteiger charge is 2.19. The fraction of sp³-hybridized carbons (Fsp3) is 0.613. The molecule has 0 aliphatic carbocycles. The maximum atomic E-state index is 12.2. The molecule has 0 bridgehead atoms. The number of nitrogens with zero attached hydrogens (tertiary/aromatic N) is 3. The molecule has 0 fully saturated rings. The highest BCUT2D eigenvalue weighted by Crippen LogP contribution is 2.15. The van der Waals surface area contributed by atoms with Crippen molar-refractivity contribution >= 4 is 41.7 Å². The second-order valence-corrected chi connectivity index (χ2v) is 11.9. The molecule has 15 nitrogen and oxygen atoms in total. The van der Waals surface area contributed by atoms with Gasteiger partial charge < -0.3 is 40.7 Å². The smallest absolute Gasteiger partial charge is 0.437 e. The van der Waals surface area contributed by atoms with E-state index in [1.807, 2.05) is 37.3 Å². The summed E-state index contributed by atoms with van der Waals surface area (Å²) in [5.41, 5.74) is 0.270. The third-order valence-corrected chi connectivity index (χ3v) is 6.55. The Hall–Kier alpha value is -4.56. The number of anilines is 1. The van der Waals surface area contributed by atoms with E-state index in [4.69, 9.17) is 14.9 Å². The summed E-state index contributed by atoms with van der Waals surface area (Å²) >= 11 is 0. The molecule has 1 aromatic carbocycles. The SMILES string of the molecule is CC(CCN(CCCCNC(=O)C(=O)NCCCCCCN(C)/C(=N\C(=O)OC(C)(C)C)NC(=O)O)c1ccccc1)NC(=O)O. The molecule has 15 heteroatoms. The summed E-state index contributed by atoms with van der Waals surface area (Å²) in [7, 11) is 1.61. The fourth-order valence-electron chi connectivity index (χ4n) is 4.24. The Kier molecular flexibility index (Phi) is 18.2. The highest BCUT2D eigenvalue weighted by atomic mass is 16.6. The van der Waals surface area contributed by atoms with Gasteiger partial charge in [-0.25, -0.2) is 14.4 Å². The molecule has 1 rings (SSSR count). The Bertz CT molecular complexity index is 1140. The first-order chi connectivity index (χ1) is 21.7. The molecule has 0 aliphatic heterocycles. The van der Waals surface area contributed by atoms with Crippen LogP contribution in [0.2, 0.25) is 0 Å². The maximum Gasteiger partial charge on any atom is 0.437 e. The third kappa shape index (κ3) is 19.0. The van der Waals surface area contributed by atoms with Gasteiger partial charge in [0.2, 0.25) is 5.96 Å². The number of carbonyl (C=O) groups is 5. The molecule has 1 unspecified atom stereocenters. The number of nitrogens with one attached hydrogen (secondary N) is 4. The minimum Gasteiger partial charge on any atom is -0.465 e. The van der Waals surface area contributed by atoms with Crippen molar-refractivity contribution in [3.8, 4) is 0 Å². The van der Waals surface area contributed by atoms with Gasteiger partial charge in [-0.3, -0.25) is 14.9 Å². The van der Waals surface area contributed by atoms with Crippen molar-refractivity contribution in [2.24, 2.45) is 4.99 Å². The Balaban J connectivity index is 2.30. The molecule has 46 heavy (non-hydrogen) atoms. The molecule has 0 radical (unpaired) electrons. The first-order valence-corrected chi connectivity index (χ1v) is 15.6. The topological polar surface area (TPSA) is 202 Å². The lowest BCUT2D eigenvalue weighted by Crippen LogP contribution is -2.42. The standard InChI is InChI=1S/C31H51N7O8/c1-23(34-28(41)42)17-22-38(24-15-9-8-10-16-24)21-14-12-19-33-26(40)25(39)32-18-11-6-7-13-20-37(5)27(35-29(43)44)36-30(45)46-31(2,3)4/h8-10,15-16,23,34H,6-7,11-14,17-22H2,1-5H3,(H,32,39)(H,33,40)(H,41,42)(H,43,44)(H,35,36,45). The second-order valence-electron chi connectivity index (χ2n) is 11.9. The van der Waals surface area contributed by atoms with Gasteiger partial charge in [-0.1, -0.05) is 31.0 Å². The quantitative estimate of drug-likeness (QED) is 0.0627. The molecule has 0 aliphatic rings. The highest BCUT2D eigenvalue weighted by molar-refractivity contribution is 6.35. The van der Waals surface area contributed by atoms with Crippen molar-refractivity contribution < 1.29 is 38.9 Å². The first-order valence-electron chi connectivity index (χ1n) is 15.6. The lowest BCUT2D eigenvalue weighted by molar-refractivity contribution is -0.139. The molecule has 0 saturated carbocycles. The molecule has 0 heterocycles. The number of unbranched alkanes of at least 4 members (excludes halogenated alkanes) is 4. The molecule has 6 N–H and O–H groups in total. The predicted octanol–water partition coefficient (Wildman–Crippen LogP) is 3.60. The molecular weight excluding hydrogens is 598 g/mol. The number of para-hydroxylation sites is 1. The van der Waals surface area contributed by atoms with Gasteiger partial charge >= 0.3 is 30.1 Å². The Morgan fingerprint density at radius 1 is 0.826 bits per heavy atom. The fourth-order valence-corrected chi connectivity index (χ4v) is 4.24. The molecule has 1 atom stereocenters. The molecule has 0 saturated heterocycles. The van der Waals surface area contributed by atoms with Crippen molar-refractivity contribution in [3.63, 3.8) is 0 Å². The average Bonchev–Trinajstić information content (AvgIpc) is 2.96. The monoisotopic (exact) mass is 649 g/mol. The Morgan fingerprint density at radius 2 is 1.39 bits per heavy atom. The van der Waals surface area contributed by atoms with Crippen LogP contribution in [-0.4, -0.2) is 103 Å². The van der Waals surface area contributed by atoms with E-state index in [1.54, 1.807) is 27.8 Å². The summed E-state index contributed by atoms with van der Waals surface area (Å²) in [5, 5.41) is 27.8. The number of guanidine groups is 1. The number of amides is 5. The average molecular weight is 650 g/mol. The summed E-state index contributed by atoms with van der Waals surface area (Å²) in [4.78, 5) is 65.7. The second kappa shape index (κ2) is 21.2. The van der Waals surface area contributed by atoms with E-state index < -0.39 is 35.7 Å². The minimum absolute atomic E-state index is 0.131. The molecule has 0 aromatic heterocycles. The number of carbonyl (C=O) groups excluding carboxylic acids is 3. The van der Waals surface area contributed by atoms with E-state index in [0.29, 0.717) is 51.9 Å². The molecule has 258 valence electrons. The van der Waals surface area contributed by atoms with Crippen LogP contribution in [-0.2, 0) is 14.3 Å². The summed E-state index contributed by atoms with van der Waals surface area (Å²) < 4.78 is 5.12. The van der Waals surface area contributed by atoms with Gasteiger partial charge in [0.15, 0.2) is 0 Å². The number of rotatable bonds is 17. The largest absolute Gasteiger partial charge is 0.465 e. The summed E-state index contributed by atoms with van der Waals surface area (Å²) in [5.74, 6) is -1.50. The molecular formula is C31H51N7O8. The Morgan fingerprint density at radius 3 is 1.96 bits per heavy atom. The van der Waals surface area contributed by atoms with Crippen LogP contribution in [0.5, 0.6) is 0 Å². The predicted molar refractivity (Wildman–Crippen MR) is 175 cm³/mol. The van der Waals surface area contributed by atoms with Crippen LogP contribution in [0.25, 0.3) is 0 Å². The van der Waals surface area contributed by atoms with Crippen LogP contribution in [0, 0.1) is 0 Å². The number of benzene rings is 1. The van der Waals surface area contributed by atoms with Gasteiger partial charge in [0.25, 0.3) is 0 Å². The van der Waals surface area contributed by atoms with Crippen LogP contribution in [0.3, 0.4) is 0 Å². The van der Waals surface area contributed by atoms with Gasteiger partial charge in [-0.15, -0.1) is 4.99 Å².